The van der Waals surface area contributed by atoms with Gasteiger partial charge in [0.25, 0.3) is 21.9 Å². The maximum Gasteiger partial charge on any atom is 0.265 e. The maximum absolute atomic E-state index is 13.2. The molecular weight excluding hydrogens is 562 g/mol. The number of anilines is 1. The molecule has 0 aliphatic carbocycles. The summed E-state index contributed by atoms with van der Waals surface area (Å²) in [7, 11) is -4.10. The highest BCUT2D eigenvalue weighted by Gasteiger charge is 2.38. The molecule has 2 aromatic carbocycles. The fraction of sp³-hybridized carbons (Fsp3) is 0.367. The predicted octanol–water partition coefficient (Wildman–Crippen LogP) is 5.20. The third-order valence-electron chi connectivity index (χ3n) is 6.90. The quantitative estimate of drug-likeness (QED) is 0.154. The molecule has 2 amide bonds. The molecule has 0 aromatic heterocycles. The molecule has 218 valence electrons. The summed E-state index contributed by atoms with van der Waals surface area (Å²) in [4.78, 5) is 31.3. The number of ether oxygens (including phenoxy) is 1. The molecule has 4 rings (SSSR count). The van der Waals surface area contributed by atoms with Crippen molar-refractivity contribution in [3.05, 3.63) is 72.2 Å². The molecular formula is C30H35N3O6S2. The Labute approximate surface area is 246 Å². The minimum atomic E-state index is -4.10. The van der Waals surface area contributed by atoms with Gasteiger partial charge >= 0.3 is 0 Å². The Balaban J connectivity index is 1.61. The van der Waals surface area contributed by atoms with Gasteiger partial charge in [0, 0.05) is 25.0 Å². The van der Waals surface area contributed by atoms with Gasteiger partial charge < -0.3 is 9.64 Å². The molecule has 2 aliphatic rings. The molecule has 41 heavy (non-hydrogen) atoms. The Morgan fingerprint density at radius 2 is 1.46 bits per heavy atom. The second-order valence-corrected chi connectivity index (χ2v) is 11.8. The second kappa shape index (κ2) is 13.4. The van der Waals surface area contributed by atoms with Gasteiger partial charge in [0.2, 0.25) is 5.88 Å². The third-order valence-corrected chi connectivity index (χ3v) is 8.15. The Bertz CT molecular complexity index is 1500. The molecule has 0 bridgehead atoms. The highest BCUT2D eigenvalue weighted by molar-refractivity contribution is 7.85. The molecule has 0 spiro atoms. The van der Waals surface area contributed by atoms with Crippen molar-refractivity contribution < 1.29 is 27.3 Å². The van der Waals surface area contributed by atoms with E-state index >= 15 is 0 Å². The summed E-state index contributed by atoms with van der Waals surface area (Å²) in [5.74, 6) is -0.0746. The van der Waals surface area contributed by atoms with E-state index in [1.165, 1.54) is 15.9 Å². The van der Waals surface area contributed by atoms with Crippen molar-refractivity contribution in [2.24, 2.45) is 0 Å². The zero-order valence-electron chi connectivity index (χ0n) is 23.3. The van der Waals surface area contributed by atoms with Gasteiger partial charge in [-0.2, -0.15) is 8.42 Å². The van der Waals surface area contributed by atoms with Crippen LogP contribution >= 0.6 is 12.2 Å². The minimum absolute atomic E-state index is 0.0482. The highest BCUT2D eigenvalue weighted by Crippen LogP contribution is 2.44. The van der Waals surface area contributed by atoms with Gasteiger partial charge in [-0.05, 0) is 55.1 Å². The molecule has 1 saturated heterocycles. The number of unbranched alkanes of at least 4 members (excludes halogenated alkanes) is 2. The summed E-state index contributed by atoms with van der Waals surface area (Å²) in [6.45, 7) is 5.26. The molecule has 1 fully saturated rings. The van der Waals surface area contributed by atoms with Gasteiger partial charge in [0.15, 0.2) is 10.9 Å². The van der Waals surface area contributed by atoms with E-state index in [1.807, 2.05) is 55.1 Å². The first-order chi connectivity index (χ1) is 19.7. The minimum Gasteiger partial charge on any atom is -0.438 e. The van der Waals surface area contributed by atoms with E-state index in [1.54, 1.807) is 18.2 Å². The first kappa shape index (κ1) is 30.4. The average molecular weight is 598 g/mol. The normalized spacial score (nSPS) is 16.9. The Hall–Kier alpha value is -3.54. The zero-order chi connectivity index (χ0) is 29.6. The Morgan fingerprint density at radius 1 is 0.854 bits per heavy atom. The number of amides is 2. The van der Waals surface area contributed by atoms with E-state index in [0.717, 1.165) is 42.1 Å². The largest absolute Gasteiger partial charge is 0.438 e. The topological polar surface area (TPSA) is 107 Å². The SMILES string of the molecule is CCCCN1C(=O)C(=C/C=C/C=C2/Oc3c(ccc4ccccc34)N2CCCS(=O)(=O)O)C(=O)N(CCCC)C1=S. The van der Waals surface area contributed by atoms with Crippen LogP contribution in [-0.4, -0.2) is 65.1 Å². The molecule has 0 saturated carbocycles. The lowest BCUT2D eigenvalue weighted by atomic mass is 10.1. The van der Waals surface area contributed by atoms with E-state index in [-0.39, 0.29) is 22.9 Å². The standard InChI is InChI=1S/C30H35N3O6S2/c1-3-5-18-32-28(34)24(29(35)33(30(32)40)19-6-4-2)14-9-10-15-26-31(20-11-21-41(36,37)38)25-17-16-22-12-7-8-13-23(22)27(25)39-26/h7-10,12-17H,3-6,11,18-21H2,1-2H3,(H,36,37,38)/b10-9+,26-15+. The van der Waals surface area contributed by atoms with Gasteiger partial charge in [-0.1, -0.05) is 69.2 Å². The van der Waals surface area contributed by atoms with Crippen LogP contribution in [0.3, 0.4) is 0 Å². The summed E-state index contributed by atoms with van der Waals surface area (Å²) in [6, 6.07) is 11.7. The van der Waals surface area contributed by atoms with Crippen molar-refractivity contribution in [3.63, 3.8) is 0 Å². The Kier molecular flexibility index (Phi) is 9.95. The molecule has 0 atom stereocenters. The van der Waals surface area contributed by atoms with Gasteiger partial charge in [-0.3, -0.25) is 23.9 Å². The molecule has 11 heteroatoms. The molecule has 2 heterocycles. The fourth-order valence-corrected chi connectivity index (χ4v) is 5.59. The first-order valence-corrected chi connectivity index (χ1v) is 15.9. The lowest BCUT2D eigenvalue weighted by molar-refractivity contribution is -0.133. The van der Waals surface area contributed by atoms with Gasteiger partial charge in [-0.15, -0.1) is 0 Å². The number of nitrogens with zero attached hydrogens (tertiary/aromatic N) is 3. The van der Waals surface area contributed by atoms with Crippen molar-refractivity contribution in [1.29, 1.82) is 0 Å². The monoisotopic (exact) mass is 597 g/mol. The number of rotatable bonds is 12. The predicted molar refractivity (Wildman–Crippen MR) is 164 cm³/mol. The van der Waals surface area contributed by atoms with Gasteiger partial charge in [-0.25, -0.2) is 0 Å². The molecule has 2 aromatic rings. The van der Waals surface area contributed by atoms with Crippen LogP contribution in [-0.2, 0) is 19.7 Å². The van der Waals surface area contributed by atoms with Crippen molar-refractivity contribution in [2.45, 2.75) is 46.0 Å². The summed E-state index contributed by atoms with van der Waals surface area (Å²) in [6.07, 6.45) is 10.0. The number of fused-ring (bicyclic) bond motifs is 3. The molecule has 2 aliphatic heterocycles. The van der Waals surface area contributed by atoms with E-state index in [2.05, 4.69) is 0 Å². The van der Waals surface area contributed by atoms with Crippen LogP contribution < -0.4 is 9.64 Å². The molecule has 9 nitrogen and oxygen atoms in total. The molecule has 1 N–H and O–H groups in total. The molecule has 0 radical (unpaired) electrons. The van der Waals surface area contributed by atoms with E-state index in [9.17, 15) is 22.6 Å². The average Bonchev–Trinajstić information content (AvgIpc) is 3.29. The van der Waals surface area contributed by atoms with Gasteiger partial charge in [0.05, 0.1) is 11.4 Å². The zero-order valence-corrected chi connectivity index (χ0v) is 24.9. The Morgan fingerprint density at radius 3 is 2.10 bits per heavy atom. The number of carbonyl (C=O) groups excluding carboxylic acids is 2. The second-order valence-electron chi connectivity index (χ2n) is 9.90. The number of hydrogen-bond acceptors (Lipinski definition) is 7. The molecule has 0 unspecified atom stereocenters. The fourth-order valence-electron chi connectivity index (χ4n) is 4.75. The summed E-state index contributed by atoms with van der Waals surface area (Å²) >= 11 is 5.51. The summed E-state index contributed by atoms with van der Waals surface area (Å²) in [5, 5.41) is 2.17. The van der Waals surface area contributed by atoms with Crippen molar-refractivity contribution >= 4 is 55.7 Å². The van der Waals surface area contributed by atoms with Crippen LogP contribution in [0.1, 0.15) is 46.0 Å². The third kappa shape index (κ3) is 7.03. The van der Waals surface area contributed by atoms with E-state index in [4.69, 9.17) is 17.0 Å². The van der Waals surface area contributed by atoms with Crippen molar-refractivity contribution in [1.82, 2.24) is 9.80 Å². The van der Waals surface area contributed by atoms with Crippen LogP contribution in [0, 0.1) is 0 Å². The number of hydrogen-bond donors (Lipinski definition) is 1. The van der Waals surface area contributed by atoms with E-state index < -0.39 is 21.9 Å². The number of benzene rings is 2. The van der Waals surface area contributed by atoms with Gasteiger partial charge in [0.1, 0.15) is 5.57 Å². The van der Waals surface area contributed by atoms with Crippen molar-refractivity contribution in [3.8, 4) is 5.75 Å². The van der Waals surface area contributed by atoms with Crippen LogP contribution in [0.5, 0.6) is 5.75 Å². The summed E-state index contributed by atoms with van der Waals surface area (Å²) in [5.41, 5.74) is 0.827. The lowest BCUT2D eigenvalue weighted by Gasteiger charge is -2.36. The smallest absolute Gasteiger partial charge is 0.265 e. The summed E-state index contributed by atoms with van der Waals surface area (Å²) < 4.78 is 38.0. The van der Waals surface area contributed by atoms with Crippen molar-refractivity contribution in [2.75, 3.05) is 30.3 Å². The van der Waals surface area contributed by atoms with E-state index in [0.29, 0.717) is 31.3 Å². The van der Waals surface area contributed by atoms with Crippen LogP contribution in [0.25, 0.3) is 10.8 Å². The first-order valence-electron chi connectivity index (χ1n) is 13.8. The number of allylic oxidation sites excluding steroid dienone is 4. The number of carbonyl (C=O) groups is 2. The lowest BCUT2D eigenvalue weighted by Crippen LogP contribution is -2.56. The van der Waals surface area contributed by atoms with Crippen LogP contribution in [0.2, 0.25) is 0 Å². The number of thiocarbonyl (C=S) groups is 1. The highest BCUT2D eigenvalue weighted by atomic mass is 32.2. The maximum atomic E-state index is 13.2. The van der Waals surface area contributed by atoms with Crippen LogP contribution in [0.4, 0.5) is 5.69 Å². The van der Waals surface area contributed by atoms with Crippen LogP contribution in [0.15, 0.2) is 72.2 Å².